The second kappa shape index (κ2) is 4.99. The molecular weight excluding hydrogens is 268 g/mol. The molecule has 0 bridgehead atoms. The minimum Gasteiger partial charge on any atom is -0.458 e. The summed E-state index contributed by atoms with van der Waals surface area (Å²) in [6.07, 6.45) is 1.12. The fourth-order valence-electron chi connectivity index (χ4n) is 1.62. The molecule has 6 heteroatoms. The van der Waals surface area contributed by atoms with Crippen molar-refractivity contribution in [1.82, 2.24) is 0 Å². The molecule has 0 aliphatic heterocycles. The van der Waals surface area contributed by atoms with Gasteiger partial charge in [0.1, 0.15) is 18.1 Å². The Hall–Kier alpha value is -1.92. The summed E-state index contributed by atoms with van der Waals surface area (Å²) in [5, 5.41) is 8.97. The minimum atomic E-state index is -3.26. The Kier molecular flexibility index (Phi) is 3.55. The Bertz CT molecular complexity index is 741. The Labute approximate surface area is 110 Å². The Morgan fingerprint density at radius 1 is 1.16 bits per heavy atom. The molecule has 19 heavy (non-hydrogen) atoms. The molecule has 5 nitrogen and oxygen atoms in total. The van der Waals surface area contributed by atoms with Crippen LogP contribution in [0.2, 0.25) is 0 Å². The molecule has 1 aromatic carbocycles. The molecular formula is C13H12O5S. The molecule has 0 spiro atoms. The third-order valence-corrected chi connectivity index (χ3v) is 3.67. The van der Waals surface area contributed by atoms with Crippen LogP contribution < -0.4 is 5.43 Å². The highest BCUT2D eigenvalue weighted by Crippen LogP contribution is 2.21. The molecule has 100 valence electrons. The highest BCUT2D eigenvalue weighted by Gasteiger charge is 2.09. The molecule has 2 aromatic rings. The lowest BCUT2D eigenvalue weighted by atomic mass is 10.1. The maximum Gasteiger partial charge on any atom is 0.185 e. The van der Waals surface area contributed by atoms with Gasteiger partial charge in [0, 0.05) is 24.0 Å². The van der Waals surface area contributed by atoms with Crippen LogP contribution in [0.5, 0.6) is 0 Å². The molecule has 1 aromatic heterocycles. The number of hydrogen-bond acceptors (Lipinski definition) is 5. The number of rotatable bonds is 3. The molecule has 0 aliphatic rings. The quantitative estimate of drug-likeness (QED) is 0.913. The van der Waals surface area contributed by atoms with E-state index in [1.807, 2.05) is 0 Å². The molecule has 0 saturated heterocycles. The van der Waals surface area contributed by atoms with Crippen molar-refractivity contribution >= 4 is 9.84 Å². The van der Waals surface area contributed by atoms with E-state index in [0.29, 0.717) is 5.56 Å². The third kappa shape index (κ3) is 3.10. The number of sulfone groups is 1. The summed E-state index contributed by atoms with van der Waals surface area (Å²) >= 11 is 0. The first kappa shape index (κ1) is 13.5. The predicted molar refractivity (Wildman–Crippen MR) is 69.4 cm³/mol. The van der Waals surface area contributed by atoms with Gasteiger partial charge < -0.3 is 9.52 Å². The van der Waals surface area contributed by atoms with Gasteiger partial charge >= 0.3 is 0 Å². The van der Waals surface area contributed by atoms with Gasteiger partial charge in [0.25, 0.3) is 0 Å². The standard InChI is InChI=1S/C13H12O5S/c1-19(16,17)12-4-2-9(3-5-12)13-7-10(15)6-11(8-14)18-13/h2-7,14H,8H2,1H3. The van der Waals surface area contributed by atoms with Crippen LogP contribution in [-0.2, 0) is 16.4 Å². The first-order valence-corrected chi connectivity index (χ1v) is 7.35. The summed E-state index contributed by atoms with van der Waals surface area (Å²) in [5.74, 6) is 0.450. The lowest BCUT2D eigenvalue weighted by Crippen LogP contribution is -2.01. The van der Waals surface area contributed by atoms with E-state index >= 15 is 0 Å². The van der Waals surface area contributed by atoms with Gasteiger partial charge in [-0.05, 0) is 24.3 Å². The van der Waals surface area contributed by atoms with Crippen molar-refractivity contribution in [2.45, 2.75) is 11.5 Å². The van der Waals surface area contributed by atoms with E-state index < -0.39 is 9.84 Å². The fraction of sp³-hybridized carbons (Fsp3) is 0.154. The summed E-state index contributed by atoms with van der Waals surface area (Å²) in [6.45, 7) is -0.371. The van der Waals surface area contributed by atoms with Crippen molar-refractivity contribution in [3.8, 4) is 11.3 Å². The second-order valence-electron chi connectivity index (χ2n) is 4.08. The van der Waals surface area contributed by atoms with E-state index in [1.165, 1.54) is 24.3 Å². The Morgan fingerprint density at radius 3 is 2.32 bits per heavy atom. The van der Waals surface area contributed by atoms with Crippen molar-refractivity contribution in [2.75, 3.05) is 6.26 Å². The van der Waals surface area contributed by atoms with Crippen molar-refractivity contribution in [2.24, 2.45) is 0 Å². The summed E-state index contributed by atoms with van der Waals surface area (Å²) in [6, 6.07) is 8.47. The van der Waals surface area contributed by atoms with Gasteiger partial charge in [-0.3, -0.25) is 4.79 Å². The summed E-state index contributed by atoms with van der Waals surface area (Å²) in [5.41, 5.74) is 0.289. The summed E-state index contributed by atoms with van der Waals surface area (Å²) in [4.78, 5) is 11.6. The minimum absolute atomic E-state index is 0.162. The number of benzene rings is 1. The van der Waals surface area contributed by atoms with E-state index in [2.05, 4.69) is 0 Å². The van der Waals surface area contributed by atoms with Crippen LogP contribution in [0.3, 0.4) is 0 Å². The zero-order valence-electron chi connectivity index (χ0n) is 10.2. The number of hydrogen-bond donors (Lipinski definition) is 1. The van der Waals surface area contributed by atoms with E-state index in [0.717, 1.165) is 6.26 Å². The van der Waals surface area contributed by atoms with Gasteiger partial charge in [-0.2, -0.15) is 0 Å². The van der Waals surface area contributed by atoms with Gasteiger partial charge in [0.15, 0.2) is 15.3 Å². The number of aliphatic hydroxyl groups excluding tert-OH is 1. The molecule has 0 saturated carbocycles. The molecule has 0 radical (unpaired) electrons. The molecule has 0 aliphatic carbocycles. The van der Waals surface area contributed by atoms with Gasteiger partial charge in [-0.15, -0.1) is 0 Å². The second-order valence-corrected chi connectivity index (χ2v) is 6.09. The zero-order valence-corrected chi connectivity index (χ0v) is 11.0. The average molecular weight is 280 g/mol. The van der Waals surface area contributed by atoms with Crippen LogP contribution in [-0.4, -0.2) is 19.8 Å². The topological polar surface area (TPSA) is 84.6 Å². The summed E-state index contributed by atoms with van der Waals surface area (Å²) in [7, 11) is -3.26. The molecule has 0 amide bonds. The van der Waals surface area contributed by atoms with E-state index in [1.54, 1.807) is 12.1 Å². The normalized spacial score (nSPS) is 11.5. The smallest absolute Gasteiger partial charge is 0.185 e. The van der Waals surface area contributed by atoms with Crippen LogP contribution >= 0.6 is 0 Å². The van der Waals surface area contributed by atoms with Crippen LogP contribution in [0.25, 0.3) is 11.3 Å². The van der Waals surface area contributed by atoms with Gasteiger partial charge in [-0.1, -0.05) is 0 Å². The molecule has 2 rings (SSSR count). The highest BCUT2D eigenvalue weighted by atomic mass is 32.2. The SMILES string of the molecule is CS(=O)(=O)c1ccc(-c2cc(=O)cc(CO)o2)cc1. The van der Waals surface area contributed by atoms with Crippen molar-refractivity contribution in [1.29, 1.82) is 0 Å². The highest BCUT2D eigenvalue weighted by molar-refractivity contribution is 7.90. The maximum atomic E-state index is 11.4. The molecule has 0 atom stereocenters. The monoisotopic (exact) mass is 280 g/mol. The average Bonchev–Trinajstić information content (AvgIpc) is 2.37. The molecule has 1 heterocycles. The first-order valence-electron chi connectivity index (χ1n) is 5.45. The Balaban J connectivity index is 2.48. The predicted octanol–water partition coefficient (Wildman–Crippen LogP) is 1.20. The lowest BCUT2D eigenvalue weighted by Gasteiger charge is -2.04. The van der Waals surface area contributed by atoms with E-state index in [-0.39, 0.29) is 28.5 Å². The summed E-state index contributed by atoms with van der Waals surface area (Å²) < 4.78 is 28.0. The fourth-order valence-corrected chi connectivity index (χ4v) is 2.25. The van der Waals surface area contributed by atoms with Crippen molar-refractivity contribution in [3.63, 3.8) is 0 Å². The van der Waals surface area contributed by atoms with E-state index in [4.69, 9.17) is 9.52 Å². The van der Waals surface area contributed by atoms with Crippen LogP contribution in [0.15, 0.2) is 50.5 Å². The molecule has 0 unspecified atom stereocenters. The van der Waals surface area contributed by atoms with Gasteiger partial charge in [0.2, 0.25) is 0 Å². The van der Waals surface area contributed by atoms with Crippen LogP contribution in [0.4, 0.5) is 0 Å². The third-order valence-electron chi connectivity index (χ3n) is 2.54. The van der Waals surface area contributed by atoms with E-state index in [9.17, 15) is 13.2 Å². The molecule has 0 fully saturated rings. The van der Waals surface area contributed by atoms with Crippen molar-refractivity contribution in [3.05, 3.63) is 52.4 Å². The maximum absolute atomic E-state index is 11.4. The van der Waals surface area contributed by atoms with Crippen molar-refractivity contribution < 1.29 is 17.9 Å². The largest absolute Gasteiger partial charge is 0.458 e. The van der Waals surface area contributed by atoms with Crippen LogP contribution in [0.1, 0.15) is 5.76 Å². The first-order chi connectivity index (χ1) is 8.90. The molecule has 1 N–H and O–H groups in total. The van der Waals surface area contributed by atoms with Gasteiger partial charge in [-0.25, -0.2) is 8.42 Å². The Morgan fingerprint density at radius 2 is 1.79 bits per heavy atom. The van der Waals surface area contributed by atoms with Gasteiger partial charge in [0.05, 0.1) is 4.90 Å². The lowest BCUT2D eigenvalue weighted by molar-refractivity contribution is 0.245. The van der Waals surface area contributed by atoms with Crippen LogP contribution in [0, 0.1) is 0 Å². The zero-order chi connectivity index (χ0) is 14.0. The number of aliphatic hydroxyl groups is 1.